The predicted molar refractivity (Wildman–Crippen MR) is 67.0 cm³/mol. The van der Waals surface area contributed by atoms with E-state index in [2.05, 4.69) is 39.9 Å². The SMILES string of the molecule is CCC1NC(CC)N(CC(C)C(C)C)C1=O. The number of rotatable bonds is 5. The van der Waals surface area contributed by atoms with Crippen molar-refractivity contribution in [3.8, 4) is 0 Å². The van der Waals surface area contributed by atoms with Crippen LogP contribution in [0.1, 0.15) is 47.5 Å². The second-order valence-electron chi connectivity index (χ2n) is 5.26. The first-order chi connectivity index (χ1) is 7.51. The summed E-state index contributed by atoms with van der Waals surface area (Å²) >= 11 is 0. The zero-order valence-electron chi connectivity index (χ0n) is 11.3. The van der Waals surface area contributed by atoms with Crippen LogP contribution in [0.5, 0.6) is 0 Å². The van der Waals surface area contributed by atoms with Gasteiger partial charge in [-0.3, -0.25) is 10.1 Å². The van der Waals surface area contributed by atoms with Crippen molar-refractivity contribution in [1.29, 1.82) is 0 Å². The first-order valence-electron chi connectivity index (χ1n) is 6.57. The Bertz CT molecular complexity index is 240. The van der Waals surface area contributed by atoms with Crippen molar-refractivity contribution >= 4 is 5.91 Å². The largest absolute Gasteiger partial charge is 0.326 e. The first kappa shape index (κ1) is 13.5. The van der Waals surface area contributed by atoms with Crippen LogP contribution < -0.4 is 5.32 Å². The molecule has 0 aliphatic carbocycles. The Morgan fingerprint density at radius 1 is 1.25 bits per heavy atom. The van der Waals surface area contributed by atoms with Gasteiger partial charge in [-0.05, 0) is 24.7 Å². The maximum absolute atomic E-state index is 12.1. The highest BCUT2D eigenvalue weighted by atomic mass is 16.2. The fraction of sp³-hybridized carbons (Fsp3) is 0.923. The van der Waals surface area contributed by atoms with Gasteiger partial charge in [-0.25, -0.2) is 0 Å². The lowest BCUT2D eigenvalue weighted by atomic mass is 9.97. The lowest BCUT2D eigenvalue weighted by Crippen LogP contribution is -2.40. The molecule has 1 saturated heterocycles. The van der Waals surface area contributed by atoms with E-state index in [-0.39, 0.29) is 12.2 Å². The quantitative estimate of drug-likeness (QED) is 0.779. The first-order valence-corrected chi connectivity index (χ1v) is 6.57. The van der Waals surface area contributed by atoms with Gasteiger partial charge in [-0.2, -0.15) is 0 Å². The summed E-state index contributed by atoms with van der Waals surface area (Å²) in [7, 11) is 0. The molecule has 3 nitrogen and oxygen atoms in total. The molecule has 0 aromatic carbocycles. The van der Waals surface area contributed by atoms with Crippen LogP contribution in [0.15, 0.2) is 0 Å². The summed E-state index contributed by atoms with van der Waals surface area (Å²) in [5, 5.41) is 3.41. The highest BCUT2D eigenvalue weighted by molar-refractivity contribution is 5.84. The van der Waals surface area contributed by atoms with Gasteiger partial charge < -0.3 is 4.90 Å². The summed E-state index contributed by atoms with van der Waals surface area (Å²) in [6, 6.07) is 0.0457. The highest BCUT2D eigenvalue weighted by Crippen LogP contribution is 2.20. The molecule has 1 heterocycles. The lowest BCUT2D eigenvalue weighted by molar-refractivity contribution is -0.130. The molecule has 0 bridgehead atoms. The Balaban J connectivity index is 2.65. The second kappa shape index (κ2) is 5.67. The van der Waals surface area contributed by atoms with Gasteiger partial charge in [-0.1, -0.05) is 34.6 Å². The summed E-state index contributed by atoms with van der Waals surface area (Å²) in [5.41, 5.74) is 0. The van der Waals surface area contributed by atoms with Crippen LogP contribution in [0.25, 0.3) is 0 Å². The fourth-order valence-electron chi connectivity index (χ4n) is 2.12. The molecule has 3 atom stereocenters. The van der Waals surface area contributed by atoms with Crippen molar-refractivity contribution in [2.45, 2.75) is 59.7 Å². The van der Waals surface area contributed by atoms with Crippen LogP contribution in [0.2, 0.25) is 0 Å². The van der Waals surface area contributed by atoms with Gasteiger partial charge in [0.25, 0.3) is 0 Å². The third kappa shape index (κ3) is 2.76. The van der Waals surface area contributed by atoms with Gasteiger partial charge in [0.2, 0.25) is 5.91 Å². The minimum atomic E-state index is 0.0457. The number of nitrogens with one attached hydrogen (secondary N) is 1. The molecule has 94 valence electrons. The van der Waals surface area contributed by atoms with Gasteiger partial charge in [0, 0.05) is 6.54 Å². The molecule has 16 heavy (non-hydrogen) atoms. The molecule has 0 radical (unpaired) electrons. The van der Waals surface area contributed by atoms with E-state index in [9.17, 15) is 4.79 Å². The molecule has 3 unspecified atom stereocenters. The Morgan fingerprint density at radius 2 is 1.88 bits per heavy atom. The summed E-state index contributed by atoms with van der Waals surface area (Å²) in [4.78, 5) is 14.2. The Labute approximate surface area is 99.6 Å². The van der Waals surface area contributed by atoms with Crippen LogP contribution in [0, 0.1) is 11.8 Å². The number of hydrogen-bond donors (Lipinski definition) is 1. The van der Waals surface area contributed by atoms with Crippen molar-refractivity contribution in [3.63, 3.8) is 0 Å². The Hall–Kier alpha value is -0.570. The molecule has 0 saturated carbocycles. The number of carbonyl (C=O) groups excluding carboxylic acids is 1. The molecule has 1 amide bonds. The molecule has 1 N–H and O–H groups in total. The van der Waals surface area contributed by atoms with E-state index in [4.69, 9.17) is 0 Å². The topological polar surface area (TPSA) is 32.3 Å². The Kier molecular flexibility index (Phi) is 4.78. The van der Waals surface area contributed by atoms with Crippen LogP contribution in [-0.2, 0) is 4.79 Å². The van der Waals surface area contributed by atoms with Gasteiger partial charge >= 0.3 is 0 Å². The number of hydrogen-bond acceptors (Lipinski definition) is 2. The van der Waals surface area contributed by atoms with E-state index in [0.29, 0.717) is 17.7 Å². The molecule has 1 aliphatic rings. The molecule has 1 rings (SSSR count). The monoisotopic (exact) mass is 226 g/mol. The minimum absolute atomic E-state index is 0.0457. The van der Waals surface area contributed by atoms with Crippen molar-refractivity contribution in [2.75, 3.05) is 6.54 Å². The number of nitrogens with zero attached hydrogens (tertiary/aromatic N) is 1. The van der Waals surface area contributed by atoms with E-state index in [1.54, 1.807) is 0 Å². The van der Waals surface area contributed by atoms with Crippen molar-refractivity contribution in [1.82, 2.24) is 10.2 Å². The van der Waals surface area contributed by atoms with Crippen LogP contribution >= 0.6 is 0 Å². The van der Waals surface area contributed by atoms with Gasteiger partial charge in [0.15, 0.2) is 0 Å². The summed E-state index contributed by atoms with van der Waals surface area (Å²) < 4.78 is 0. The van der Waals surface area contributed by atoms with E-state index < -0.39 is 0 Å². The summed E-state index contributed by atoms with van der Waals surface area (Å²) in [6.45, 7) is 11.8. The normalized spacial score (nSPS) is 27.9. The second-order valence-corrected chi connectivity index (χ2v) is 5.26. The molecular formula is C13H26N2O. The van der Waals surface area contributed by atoms with E-state index in [0.717, 1.165) is 19.4 Å². The van der Waals surface area contributed by atoms with Crippen LogP contribution in [-0.4, -0.2) is 29.6 Å². The molecule has 3 heteroatoms. The zero-order chi connectivity index (χ0) is 12.3. The van der Waals surface area contributed by atoms with Crippen molar-refractivity contribution in [2.24, 2.45) is 11.8 Å². The third-order valence-electron chi connectivity index (χ3n) is 3.77. The molecule has 0 spiro atoms. The maximum atomic E-state index is 12.1. The molecule has 1 fully saturated rings. The van der Waals surface area contributed by atoms with Gasteiger partial charge in [-0.15, -0.1) is 0 Å². The minimum Gasteiger partial charge on any atom is -0.326 e. The summed E-state index contributed by atoms with van der Waals surface area (Å²) in [6.07, 6.45) is 2.13. The zero-order valence-corrected chi connectivity index (χ0v) is 11.3. The predicted octanol–water partition coefficient (Wildman–Crippen LogP) is 2.22. The van der Waals surface area contributed by atoms with E-state index in [1.165, 1.54) is 0 Å². The van der Waals surface area contributed by atoms with Crippen LogP contribution in [0.3, 0.4) is 0 Å². The van der Waals surface area contributed by atoms with E-state index in [1.807, 2.05) is 4.90 Å². The third-order valence-corrected chi connectivity index (χ3v) is 3.77. The number of carbonyl (C=O) groups is 1. The average molecular weight is 226 g/mol. The maximum Gasteiger partial charge on any atom is 0.241 e. The highest BCUT2D eigenvalue weighted by Gasteiger charge is 2.37. The Morgan fingerprint density at radius 3 is 2.31 bits per heavy atom. The van der Waals surface area contributed by atoms with Crippen molar-refractivity contribution in [3.05, 3.63) is 0 Å². The molecular weight excluding hydrogens is 200 g/mol. The summed E-state index contributed by atoms with van der Waals surface area (Å²) in [5.74, 6) is 1.49. The molecule has 1 aliphatic heterocycles. The number of amides is 1. The molecule has 0 aromatic heterocycles. The standard InChI is InChI=1S/C13H26N2O/c1-6-11-13(16)15(12(7-2)14-11)8-10(5)9(3)4/h9-12,14H,6-8H2,1-5H3. The average Bonchev–Trinajstić information content (AvgIpc) is 2.55. The smallest absolute Gasteiger partial charge is 0.241 e. The van der Waals surface area contributed by atoms with E-state index >= 15 is 0 Å². The van der Waals surface area contributed by atoms with Crippen molar-refractivity contribution < 1.29 is 4.79 Å². The van der Waals surface area contributed by atoms with Gasteiger partial charge in [0.05, 0.1) is 12.2 Å². The lowest BCUT2D eigenvalue weighted by Gasteiger charge is -2.28. The molecule has 0 aromatic rings. The van der Waals surface area contributed by atoms with Gasteiger partial charge in [0.1, 0.15) is 0 Å². The van der Waals surface area contributed by atoms with Crippen LogP contribution in [0.4, 0.5) is 0 Å². The fourth-order valence-corrected chi connectivity index (χ4v) is 2.12.